The third kappa shape index (κ3) is 2.68. The zero-order valence-electron chi connectivity index (χ0n) is 11.0. The third-order valence-corrected chi connectivity index (χ3v) is 5.00. The summed E-state index contributed by atoms with van der Waals surface area (Å²) >= 11 is 2.10. The van der Waals surface area contributed by atoms with Crippen LogP contribution in [0.25, 0.3) is 10.1 Å². The largest absolute Gasteiger partial charge is 0.506 e. The number of aromatic nitrogens is 3. The number of Topliss-reactive ketones (excluding diaryl/α,β-unsaturated/α-hetero) is 1. The number of ketones is 1. The van der Waals surface area contributed by atoms with E-state index in [0.717, 1.165) is 16.5 Å². The summed E-state index contributed by atoms with van der Waals surface area (Å²) in [6, 6.07) is 7.16. The molecule has 0 amide bonds. The number of aromatic hydroxyl groups is 1. The molecule has 2 aromatic heterocycles. The van der Waals surface area contributed by atoms with Crippen molar-refractivity contribution in [2.45, 2.75) is 5.03 Å². The average Bonchev–Trinajstić information content (AvgIpc) is 2.84. The first kappa shape index (κ1) is 14.5. The van der Waals surface area contributed by atoms with Crippen LogP contribution in [0.5, 0.6) is 5.75 Å². The molecular formula is C13H9N3O4S2. The number of H-pyrrole nitrogens is 2. The van der Waals surface area contributed by atoms with Crippen molar-refractivity contribution >= 4 is 39.0 Å². The standard InChI is InChI=1S/C13H9N3O4S2/c17-7(5-21-12-11(19)14-13(20)16-15-12)10-9(18)6-3-1-2-4-8(6)22-10/h1-4,18H,5H2,(H2,14,16,19,20). The Morgan fingerprint density at radius 1 is 1.32 bits per heavy atom. The molecule has 0 spiro atoms. The van der Waals surface area contributed by atoms with Gasteiger partial charge in [-0.3, -0.25) is 14.6 Å². The number of aromatic amines is 2. The van der Waals surface area contributed by atoms with Crippen molar-refractivity contribution < 1.29 is 9.90 Å². The minimum atomic E-state index is -0.706. The van der Waals surface area contributed by atoms with E-state index in [1.165, 1.54) is 11.3 Å². The maximum absolute atomic E-state index is 12.2. The summed E-state index contributed by atoms with van der Waals surface area (Å²) in [5.74, 6) is -0.423. The number of carbonyl (C=O) groups excluding carboxylic acids is 1. The van der Waals surface area contributed by atoms with Gasteiger partial charge in [-0.1, -0.05) is 23.9 Å². The van der Waals surface area contributed by atoms with Gasteiger partial charge in [0.2, 0.25) is 0 Å². The zero-order valence-corrected chi connectivity index (χ0v) is 12.6. The third-order valence-electron chi connectivity index (χ3n) is 2.84. The fraction of sp³-hybridized carbons (Fsp3) is 0.0769. The maximum Gasteiger partial charge on any atom is 0.342 e. The first-order valence-corrected chi connectivity index (χ1v) is 7.92. The highest BCUT2D eigenvalue weighted by atomic mass is 32.2. The summed E-state index contributed by atoms with van der Waals surface area (Å²) in [6.07, 6.45) is 0. The molecule has 0 aliphatic heterocycles. The number of carbonyl (C=O) groups is 1. The van der Waals surface area contributed by atoms with Crippen molar-refractivity contribution in [1.82, 2.24) is 15.2 Å². The van der Waals surface area contributed by atoms with Gasteiger partial charge in [-0.15, -0.1) is 11.3 Å². The molecule has 22 heavy (non-hydrogen) atoms. The minimum Gasteiger partial charge on any atom is -0.506 e. The molecule has 1 aromatic carbocycles. The van der Waals surface area contributed by atoms with E-state index in [4.69, 9.17) is 0 Å². The predicted molar refractivity (Wildman–Crippen MR) is 84.0 cm³/mol. The first-order valence-electron chi connectivity index (χ1n) is 6.12. The Labute approximate surface area is 131 Å². The molecule has 3 aromatic rings. The van der Waals surface area contributed by atoms with Gasteiger partial charge in [-0.25, -0.2) is 9.89 Å². The molecule has 7 nitrogen and oxygen atoms in total. The number of nitrogens with one attached hydrogen (secondary N) is 2. The van der Waals surface area contributed by atoms with Crippen LogP contribution in [0.4, 0.5) is 0 Å². The SMILES string of the molecule is O=C(CSc1n[nH]c(=O)[nH]c1=O)c1sc2ccccc2c1O. The Hall–Kier alpha value is -2.39. The lowest BCUT2D eigenvalue weighted by Crippen LogP contribution is -2.25. The quantitative estimate of drug-likeness (QED) is 0.490. The molecular weight excluding hydrogens is 326 g/mol. The number of fused-ring (bicyclic) bond motifs is 1. The molecule has 112 valence electrons. The first-order chi connectivity index (χ1) is 10.6. The van der Waals surface area contributed by atoms with Crippen molar-refractivity contribution in [1.29, 1.82) is 0 Å². The van der Waals surface area contributed by atoms with Gasteiger partial charge in [0, 0.05) is 10.1 Å². The van der Waals surface area contributed by atoms with Gasteiger partial charge in [-0.05, 0) is 12.1 Å². The van der Waals surface area contributed by atoms with Gasteiger partial charge in [0.05, 0.1) is 5.75 Å². The monoisotopic (exact) mass is 335 g/mol. The normalized spacial score (nSPS) is 10.9. The molecule has 0 aliphatic rings. The summed E-state index contributed by atoms with van der Waals surface area (Å²) in [7, 11) is 0. The van der Waals surface area contributed by atoms with E-state index in [-0.39, 0.29) is 27.2 Å². The van der Waals surface area contributed by atoms with E-state index in [1.807, 2.05) is 17.1 Å². The van der Waals surface area contributed by atoms with Gasteiger partial charge in [0.25, 0.3) is 5.56 Å². The van der Waals surface area contributed by atoms with Crippen LogP contribution < -0.4 is 11.2 Å². The number of hydrogen-bond donors (Lipinski definition) is 3. The maximum atomic E-state index is 12.2. The smallest absolute Gasteiger partial charge is 0.342 e. The second-order valence-electron chi connectivity index (χ2n) is 4.30. The second kappa shape index (κ2) is 5.78. The zero-order chi connectivity index (χ0) is 15.7. The molecule has 0 aliphatic carbocycles. The topological polar surface area (TPSA) is 116 Å². The van der Waals surface area contributed by atoms with Crippen LogP contribution in [0.15, 0.2) is 38.9 Å². The lowest BCUT2D eigenvalue weighted by Gasteiger charge is -1.98. The summed E-state index contributed by atoms with van der Waals surface area (Å²) in [5.41, 5.74) is -1.36. The van der Waals surface area contributed by atoms with Crippen LogP contribution in [0.2, 0.25) is 0 Å². The molecule has 9 heteroatoms. The van der Waals surface area contributed by atoms with E-state index in [0.29, 0.717) is 5.39 Å². The van der Waals surface area contributed by atoms with Crippen molar-refractivity contribution in [3.8, 4) is 5.75 Å². The Morgan fingerprint density at radius 3 is 2.82 bits per heavy atom. The number of rotatable bonds is 4. The van der Waals surface area contributed by atoms with E-state index >= 15 is 0 Å². The van der Waals surface area contributed by atoms with Gasteiger partial charge in [0.1, 0.15) is 10.6 Å². The fourth-order valence-electron chi connectivity index (χ4n) is 1.85. The highest BCUT2D eigenvalue weighted by Crippen LogP contribution is 2.37. The van der Waals surface area contributed by atoms with Crippen LogP contribution in [0.1, 0.15) is 9.67 Å². The Balaban J connectivity index is 1.83. The summed E-state index contributed by atoms with van der Waals surface area (Å²) < 4.78 is 0.813. The van der Waals surface area contributed by atoms with Gasteiger partial charge < -0.3 is 5.11 Å². The minimum absolute atomic E-state index is 0.00597. The molecule has 3 N–H and O–H groups in total. The lowest BCUT2D eigenvalue weighted by molar-refractivity contribution is 0.102. The van der Waals surface area contributed by atoms with E-state index < -0.39 is 11.2 Å². The second-order valence-corrected chi connectivity index (χ2v) is 6.32. The highest BCUT2D eigenvalue weighted by molar-refractivity contribution is 7.99. The summed E-state index contributed by atoms with van der Waals surface area (Å²) in [5, 5.41) is 16.4. The Morgan fingerprint density at radius 2 is 2.09 bits per heavy atom. The molecule has 2 heterocycles. The molecule has 0 atom stereocenters. The average molecular weight is 335 g/mol. The van der Waals surface area contributed by atoms with Crippen molar-refractivity contribution in [2.75, 3.05) is 5.75 Å². The molecule has 0 saturated carbocycles. The fourth-order valence-corrected chi connectivity index (χ4v) is 3.68. The van der Waals surface area contributed by atoms with Crippen LogP contribution in [0, 0.1) is 0 Å². The number of benzene rings is 1. The summed E-state index contributed by atoms with van der Waals surface area (Å²) in [4.78, 5) is 36.8. The van der Waals surface area contributed by atoms with Gasteiger partial charge in [0.15, 0.2) is 10.8 Å². The molecule has 3 rings (SSSR count). The van der Waals surface area contributed by atoms with Crippen LogP contribution in [-0.2, 0) is 0 Å². The van der Waals surface area contributed by atoms with Crippen LogP contribution in [0.3, 0.4) is 0 Å². The van der Waals surface area contributed by atoms with Crippen molar-refractivity contribution in [3.05, 3.63) is 50.0 Å². The van der Waals surface area contributed by atoms with Gasteiger partial charge >= 0.3 is 5.69 Å². The molecule has 0 unspecified atom stereocenters. The van der Waals surface area contributed by atoms with E-state index in [1.54, 1.807) is 12.1 Å². The molecule has 0 fully saturated rings. The van der Waals surface area contributed by atoms with E-state index in [9.17, 15) is 19.5 Å². The number of hydrogen-bond acceptors (Lipinski definition) is 7. The predicted octanol–water partition coefficient (Wildman–Crippen LogP) is 1.35. The molecule has 0 saturated heterocycles. The lowest BCUT2D eigenvalue weighted by atomic mass is 10.2. The number of nitrogens with zero attached hydrogens (tertiary/aromatic N) is 1. The number of thiophene rings is 1. The van der Waals surface area contributed by atoms with Gasteiger partial charge in [-0.2, -0.15) is 5.10 Å². The molecule has 0 radical (unpaired) electrons. The van der Waals surface area contributed by atoms with Crippen LogP contribution >= 0.6 is 23.1 Å². The Kier molecular flexibility index (Phi) is 3.82. The van der Waals surface area contributed by atoms with Crippen LogP contribution in [-0.4, -0.2) is 31.8 Å². The number of thioether (sulfide) groups is 1. The summed E-state index contributed by atoms with van der Waals surface area (Å²) in [6.45, 7) is 0. The molecule has 0 bridgehead atoms. The Bertz CT molecular complexity index is 973. The van der Waals surface area contributed by atoms with Crippen molar-refractivity contribution in [3.63, 3.8) is 0 Å². The highest BCUT2D eigenvalue weighted by Gasteiger charge is 2.18. The van der Waals surface area contributed by atoms with E-state index in [2.05, 4.69) is 10.2 Å². The van der Waals surface area contributed by atoms with Crippen molar-refractivity contribution in [2.24, 2.45) is 0 Å².